The van der Waals surface area contributed by atoms with Gasteiger partial charge < -0.3 is 19.9 Å². The smallest absolute Gasteiger partial charge is 0.225 e. The lowest BCUT2D eigenvalue weighted by Gasteiger charge is -2.32. The number of fused-ring (bicyclic) bond motifs is 1. The number of aromatic nitrogens is 4. The topological polar surface area (TPSA) is 103 Å². The van der Waals surface area contributed by atoms with Crippen LogP contribution in [0.2, 0.25) is 0 Å². The van der Waals surface area contributed by atoms with Gasteiger partial charge in [-0.15, -0.1) is 0 Å². The van der Waals surface area contributed by atoms with E-state index in [-0.39, 0.29) is 6.10 Å². The molecular weight excluding hydrogens is 390 g/mol. The van der Waals surface area contributed by atoms with Crippen LogP contribution in [0, 0.1) is 11.3 Å². The Bertz CT molecular complexity index is 1220. The lowest BCUT2D eigenvalue weighted by atomic mass is 10.1. The molecule has 0 bridgehead atoms. The summed E-state index contributed by atoms with van der Waals surface area (Å²) in [6.45, 7) is 1.65. The quantitative estimate of drug-likeness (QED) is 0.511. The predicted octanol–water partition coefficient (Wildman–Crippen LogP) is 4.02. The molecule has 0 saturated carbocycles. The van der Waals surface area contributed by atoms with Crippen LogP contribution >= 0.6 is 0 Å². The summed E-state index contributed by atoms with van der Waals surface area (Å²) in [7, 11) is 0. The summed E-state index contributed by atoms with van der Waals surface area (Å²) in [6.07, 6.45) is 7.20. The summed E-state index contributed by atoms with van der Waals surface area (Å²) in [6, 6.07) is 15.5. The highest BCUT2D eigenvalue weighted by atomic mass is 16.5. The van der Waals surface area contributed by atoms with Gasteiger partial charge in [-0.1, -0.05) is 6.07 Å². The molecule has 4 aromatic rings. The van der Waals surface area contributed by atoms with Gasteiger partial charge >= 0.3 is 0 Å². The van der Waals surface area contributed by atoms with E-state index in [4.69, 9.17) is 4.74 Å². The molecule has 5 rings (SSSR count). The summed E-state index contributed by atoms with van der Waals surface area (Å²) in [5.41, 5.74) is 2.24. The van der Waals surface area contributed by atoms with Gasteiger partial charge in [-0.2, -0.15) is 5.26 Å². The largest absolute Gasteiger partial charge is 0.490 e. The van der Waals surface area contributed by atoms with Crippen LogP contribution in [0.15, 0.2) is 61.1 Å². The van der Waals surface area contributed by atoms with Crippen molar-refractivity contribution in [2.45, 2.75) is 18.9 Å². The molecule has 8 nitrogen and oxygen atoms in total. The first kappa shape index (κ1) is 18.9. The van der Waals surface area contributed by atoms with Gasteiger partial charge in [0.2, 0.25) is 5.95 Å². The van der Waals surface area contributed by atoms with Crippen molar-refractivity contribution in [1.29, 1.82) is 5.26 Å². The van der Waals surface area contributed by atoms with Crippen LogP contribution in [-0.4, -0.2) is 39.1 Å². The molecule has 0 atom stereocenters. The summed E-state index contributed by atoms with van der Waals surface area (Å²) >= 11 is 0. The van der Waals surface area contributed by atoms with Gasteiger partial charge in [-0.05, 0) is 29.7 Å². The third-order valence-corrected chi connectivity index (χ3v) is 5.32. The average Bonchev–Trinajstić information content (AvgIpc) is 3.28. The minimum atomic E-state index is 0.0667. The zero-order valence-electron chi connectivity index (χ0n) is 16.8. The molecule has 8 heteroatoms. The second-order valence-corrected chi connectivity index (χ2v) is 7.44. The van der Waals surface area contributed by atoms with Crippen LogP contribution in [0.25, 0.3) is 10.9 Å². The number of nitrogens with one attached hydrogen (secondary N) is 2. The highest BCUT2D eigenvalue weighted by molar-refractivity contribution is 5.83. The summed E-state index contributed by atoms with van der Waals surface area (Å²) in [5.74, 6) is 1.97. The standard InChI is InChI=1S/C23H21N7O/c24-15-18-12-20(31-19-5-10-30(11-6-19)23-26-7-1-8-27-23)14-22(29-18)28-17-3-2-16-4-9-25-21(16)13-17/h1-4,7-9,12-14,19,25H,5-6,10-11H2,(H,28,29). The number of hydrogen-bond donors (Lipinski definition) is 2. The summed E-state index contributed by atoms with van der Waals surface area (Å²) in [4.78, 5) is 18.4. The zero-order valence-corrected chi connectivity index (χ0v) is 16.8. The molecule has 0 radical (unpaired) electrons. The zero-order chi connectivity index (χ0) is 21.0. The molecule has 3 aromatic heterocycles. The van der Waals surface area contributed by atoms with E-state index in [9.17, 15) is 5.26 Å². The lowest BCUT2D eigenvalue weighted by Crippen LogP contribution is -2.39. The average molecular weight is 411 g/mol. The van der Waals surface area contributed by atoms with Gasteiger partial charge in [0.15, 0.2) is 0 Å². The van der Waals surface area contributed by atoms with Gasteiger partial charge in [0.25, 0.3) is 0 Å². The molecule has 0 aliphatic carbocycles. The molecule has 31 heavy (non-hydrogen) atoms. The first-order chi connectivity index (χ1) is 15.3. The highest BCUT2D eigenvalue weighted by Crippen LogP contribution is 2.26. The van der Waals surface area contributed by atoms with Crippen molar-refractivity contribution in [3.8, 4) is 11.8 Å². The van der Waals surface area contributed by atoms with Crippen molar-refractivity contribution in [2.75, 3.05) is 23.3 Å². The molecule has 0 spiro atoms. The SMILES string of the molecule is N#Cc1cc(OC2CCN(c3ncccn3)CC2)cc(Nc2ccc3cc[nH]c3c2)n1. The number of nitrogens with zero attached hydrogens (tertiary/aromatic N) is 5. The Morgan fingerprint density at radius 1 is 1.10 bits per heavy atom. The Morgan fingerprint density at radius 3 is 2.74 bits per heavy atom. The fraction of sp³-hybridized carbons (Fsp3) is 0.217. The number of H-pyrrole nitrogens is 1. The normalized spacial score (nSPS) is 14.4. The first-order valence-electron chi connectivity index (χ1n) is 10.2. The van der Waals surface area contributed by atoms with Crippen molar-refractivity contribution < 1.29 is 4.74 Å². The molecular formula is C23H21N7O. The van der Waals surface area contributed by atoms with Gasteiger partial charge in [0.05, 0.1) is 0 Å². The Morgan fingerprint density at radius 2 is 1.94 bits per heavy atom. The lowest BCUT2D eigenvalue weighted by molar-refractivity contribution is 0.170. The Balaban J connectivity index is 1.28. The number of nitriles is 1. The van der Waals surface area contributed by atoms with Crippen molar-refractivity contribution in [1.82, 2.24) is 19.9 Å². The van der Waals surface area contributed by atoms with Gasteiger partial charge in [0.1, 0.15) is 29.4 Å². The second-order valence-electron chi connectivity index (χ2n) is 7.44. The molecule has 1 fully saturated rings. The van der Waals surface area contributed by atoms with E-state index >= 15 is 0 Å². The number of hydrogen-bond acceptors (Lipinski definition) is 7. The fourth-order valence-electron chi connectivity index (χ4n) is 3.79. The van der Waals surface area contributed by atoms with E-state index in [2.05, 4.69) is 36.2 Å². The van der Waals surface area contributed by atoms with Crippen LogP contribution < -0.4 is 15.0 Å². The van der Waals surface area contributed by atoms with Crippen LogP contribution in [0.3, 0.4) is 0 Å². The van der Waals surface area contributed by atoms with Crippen molar-refractivity contribution in [3.05, 3.63) is 66.7 Å². The minimum absolute atomic E-state index is 0.0667. The van der Waals surface area contributed by atoms with E-state index in [1.165, 1.54) is 0 Å². The number of anilines is 3. The third kappa shape index (κ3) is 4.26. The summed E-state index contributed by atoms with van der Waals surface area (Å²) < 4.78 is 6.21. The van der Waals surface area contributed by atoms with Crippen LogP contribution in [-0.2, 0) is 0 Å². The molecule has 0 unspecified atom stereocenters. The van der Waals surface area contributed by atoms with E-state index in [0.29, 0.717) is 17.3 Å². The maximum Gasteiger partial charge on any atom is 0.225 e. The first-order valence-corrected chi connectivity index (χ1v) is 10.2. The Labute approximate surface area is 179 Å². The third-order valence-electron chi connectivity index (χ3n) is 5.32. The molecule has 2 N–H and O–H groups in total. The number of pyridine rings is 1. The fourth-order valence-corrected chi connectivity index (χ4v) is 3.79. The molecule has 4 heterocycles. The Hall–Kier alpha value is -4.12. The number of rotatable bonds is 5. The van der Waals surface area contributed by atoms with Crippen LogP contribution in [0.4, 0.5) is 17.5 Å². The van der Waals surface area contributed by atoms with E-state index in [1.54, 1.807) is 18.5 Å². The van der Waals surface area contributed by atoms with Gasteiger partial charge in [-0.3, -0.25) is 0 Å². The predicted molar refractivity (Wildman–Crippen MR) is 118 cm³/mol. The van der Waals surface area contributed by atoms with E-state index < -0.39 is 0 Å². The van der Waals surface area contributed by atoms with Crippen LogP contribution in [0.5, 0.6) is 5.75 Å². The van der Waals surface area contributed by atoms with Crippen LogP contribution in [0.1, 0.15) is 18.5 Å². The molecule has 1 aliphatic heterocycles. The monoisotopic (exact) mass is 411 g/mol. The second kappa shape index (κ2) is 8.32. The molecule has 154 valence electrons. The number of piperidine rings is 1. The highest BCUT2D eigenvalue weighted by Gasteiger charge is 2.22. The maximum absolute atomic E-state index is 9.41. The van der Waals surface area contributed by atoms with E-state index in [0.717, 1.165) is 48.5 Å². The number of aromatic amines is 1. The summed E-state index contributed by atoms with van der Waals surface area (Å²) in [5, 5.41) is 13.8. The van der Waals surface area contributed by atoms with E-state index in [1.807, 2.05) is 42.6 Å². The molecule has 1 aromatic carbocycles. The van der Waals surface area contributed by atoms with Gasteiger partial charge in [0, 0.05) is 67.9 Å². The van der Waals surface area contributed by atoms with Crippen molar-refractivity contribution in [2.24, 2.45) is 0 Å². The van der Waals surface area contributed by atoms with Gasteiger partial charge in [-0.25, -0.2) is 15.0 Å². The molecule has 1 saturated heterocycles. The molecule has 1 aliphatic rings. The maximum atomic E-state index is 9.41. The number of ether oxygens (including phenoxy) is 1. The Kier molecular flexibility index (Phi) is 5.07. The molecule has 0 amide bonds. The van der Waals surface area contributed by atoms with Crippen molar-refractivity contribution in [3.63, 3.8) is 0 Å². The van der Waals surface area contributed by atoms with Crippen molar-refractivity contribution >= 4 is 28.4 Å². The number of benzene rings is 1. The minimum Gasteiger partial charge on any atom is -0.490 e.